The molecule has 0 bridgehead atoms. The normalized spacial score (nSPS) is 11.6. The van der Waals surface area contributed by atoms with Crippen LogP contribution in [0.25, 0.3) is 11.3 Å². The summed E-state index contributed by atoms with van der Waals surface area (Å²) < 4.78 is 7.85. The molecule has 152 valence electrons. The molecule has 0 N–H and O–H groups in total. The van der Waals surface area contributed by atoms with E-state index in [1.165, 1.54) is 27.9 Å². The highest BCUT2D eigenvalue weighted by atomic mass is 32.1. The predicted molar refractivity (Wildman–Crippen MR) is 126 cm³/mol. The summed E-state index contributed by atoms with van der Waals surface area (Å²) in [6, 6.07) is 25.4. The third-order valence-corrected chi connectivity index (χ3v) is 5.84. The average Bonchev–Trinajstić information content (AvgIpc) is 3.14. The Kier molecular flexibility index (Phi) is 6.15. The summed E-state index contributed by atoms with van der Waals surface area (Å²) in [6.45, 7) is 7.67. The van der Waals surface area contributed by atoms with Crippen LogP contribution in [0.15, 0.2) is 83.2 Å². The minimum Gasteiger partial charge on any atom is -0.494 e. The van der Waals surface area contributed by atoms with E-state index in [0.29, 0.717) is 6.61 Å². The van der Waals surface area contributed by atoms with Crippen molar-refractivity contribution < 1.29 is 4.74 Å². The molecule has 0 amide bonds. The minimum atomic E-state index is 0.665. The molecule has 4 heteroatoms. The van der Waals surface area contributed by atoms with E-state index in [4.69, 9.17) is 9.73 Å². The standard InChI is InChI=1S/C26H26N2OS/c1-4-29-24-15-13-23(14-16-24)27-26-28(17-21-9-5-19(2)6-10-21)25(18-30-26)22-11-7-20(3)8-12-22/h5-16,18H,4,17H2,1-3H3. The van der Waals surface area contributed by atoms with Gasteiger partial charge in [0.2, 0.25) is 0 Å². The van der Waals surface area contributed by atoms with Crippen molar-refractivity contribution in [2.75, 3.05) is 6.61 Å². The maximum atomic E-state index is 5.55. The van der Waals surface area contributed by atoms with Crippen LogP contribution < -0.4 is 9.54 Å². The van der Waals surface area contributed by atoms with Gasteiger partial charge in [-0.15, -0.1) is 11.3 Å². The second-order valence-corrected chi connectivity index (χ2v) is 8.22. The van der Waals surface area contributed by atoms with E-state index in [0.717, 1.165) is 22.8 Å². The summed E-state index contributed by atoms with van der Waals surface area (Å²) in [4.78, 5) is 5.93. The van der Waals surface area contributed by atoms with Crippen LogP contribution in [0.3, 0.4) is 0 Å². The second kappa shape index (κ2) is 9.14. The molecule has 0 aliphatic rings. The van der Waals surface area contributed by atoms with Crippen molar-refractivity contribution in [2.24, 2.45) is 4.99 Å². The molecule has 0 spiro atoms. The summed E-state index contributed by atoms with van der Waals surface area (Å²) in [5.41, 5.74) is 7.11. The number of nitrogens with zero attached hydrogens (tertiary/aromatic N) is 2. The van der Waals surface area contributed by atoms with E-state index in [-0.39, 0.29) is 0 Å². The lowest BCUT2D eigenvalue weighted by Gasteiger charge is -2.10. The maximum Gasteiger partial charge on any atom is 0.190 e. The number of rotatable bonds is 6. The zero-order valence-electron chi connectivity index (χ0n) is 17.6. The Balaban J connectivity index is 1.77. The molecule has 30 heavy (non-hydrogen) atoms. The average molecular weight is 415 g/mol. The van der Waals surface area contributed by atoms with Crippen molar-refractivity contribution in [3.05, 3.63) is 99.7 Å². The fraction of sp³-hybridized carbons (Fsp3) is 0.192. The van der Waals surface area contributed by atoms with E-state index in [1.54, 1.807) is 11.3 Å². The van der Waals surface area contributed by atoms with Gasteiger partial charge < -0.3 is 9.30 Å². The van der Waals surface area contributed by atoms with Crippen LogP contribution in [-0.2, 0) is 6.54 Å². The van der Waals surface area contributed by atoms with Crippen LogP contribution >= 0.6 is 11.3 Å². The van der Waals surface area contributed by atoms with Gasteiger partial charge in [-0.3, -0.25) is 0 Å². The highest BCUT2D eigenvalue weighted by molar-refractivity contribution is 7.07. The first kappa shape index (κ1) is 20.2. The topological polar surface area (TPSA) is 26.5 Å². The lowest BCUT2D eigenvalue weighted by atomic mass is 10.1. The second-order valence-electron chi connectivity index (χ2n) is 7.38. The molecule has 0 atom stereocenters. The highest BCUT2D eigenvalue weighted by Crippen LogP contribution is 2.23. The van der Waals surface area contributed by atoms with E-state index in [9.17, 15) is 0 Å². The molecule has 3 nitrogen and oxygen atoms in total. The highest BCUT2D eigenvalue weighted by Gasteiger charge is 2.09. The molecule has 0 unspecified atom stereocenters. The molecule has 0 fully saturated rings. The SMILES string of the molecule is CCOc1ccc(N=c2scc(-c3ccc(C)cc3)n2Cc2ccc(C)cc2)cc1. The lowest BCUT2D eigenvalue weighted by molar-refractivity contribution is 0.340. The van der Waals surface area contributed by atoms with Crippen LogP contribution in [0.5, 0.6) is 5.75 Å². The number of aromatic nitrogens is 1. The summed E-state index contributed by atoms with van der Waals surface area (Å²) in [5, 5.41) is 2.20. The minimum absolute atomic E-state index is 0.665. The van der Waals surface area contributed by atoms with Gasteiger partial charge in [0.15, 0.2) is 4.80 Å². The molecular formula is C26H26N2OS. The summed E-state index contributed by atoms with van der Waals surface area (Å²) in [7, 11) is 0. The van der Waals surface area contributed by atoms with Crippen LogP contribution in [0.4, 0.5) is 5.69 Å². The fourth-order valence-electron chi connectivity index (χ4n) is 3.30. The molecule has 1 heterocycles. The number of aryl methyl sites for hydroxylation is 2. The van der Waals surface area contributed by atoms with Crippen LogP contribution in [-0.4, -0.2) is 11.2 Å². The Bertz CT molecular complexity index is 1170. The van der Waals surface area contributed by atoms with Crippen LogP contribution in [0.1, 0.15) is 23.6 Å². The van der Waals surface area contributed by atoms with Gasteiger partial charge in [0.1, 0.15) is 5.75 Å². The van der Waals surface area contributed by atoms with E-state index in [1.807, 2.05) is 31.2 Å². The molecule has 4 aromatic rings. The zero-order valence-corrected chi connectivity index (χ0v) is 18.4. The monoisotopic (exact) mass is 414 g/mol. The van der Waals surface area contributed by atoms with Crippen molar-refractivity contribution in [1.82, 2.24) is 4.57 Å². The molecular weight excluding hydrogens is 388 g/mol. The first-order valence-corrected chi connectivity index (χ1v) is 11.1. The zero-order chi connectivity index (χ0) is 20.9. The van der Waals surface area contributed by atoms with E-state index < -0.39 is 0 Å². The van der Waals surface area contributed by atoms with Crippen molar-refractivity contribution in [3.8, 4) is 17.0 Å². The van der Waals surface area contributed by atoms with Crippen LogP contribution in [0, 0.1) is 13.8 Å². The molecule has 0 radical (unpaired) electrons. The van der Waals surface area contributed by atoms with Gasteiger partial charge in [-0.25, -0.2) is 4.99 Å². The van der Waals surface area contributed by atoms with E-state index >= 15 is 0 Å². The van der Waals surface area contributed by atoms with Crippen molar-refractivity contribution in [3.63, 3.8) is 0 Å². The molecule has 4 rings (SSSR count). The Morgan fingerprint density at radius 2 is 1.47 bits per heavy atom. The molecule has 0 aliphatic carbocycles. The first-order chi connectivity index (χ1) is 14.6. The third kappa shape index (κ3) is 4.71. The van der Waals surface area contributed by atoms with Crippen molar-refractivity contribution in [1.29, 1.82) is 0 Å². The smallest absolute Gasteiger partial charge is 0.190 e. The third-order valence-electron chi connectivity index (χ3n) is 4.98. The molecule has 0 aliphatic heterocycles. The Hall–Kier alpha value is -3.11. The largest absolute Gasteiger partial charge is 0.494 e. The molecule has 1 aromatic heterocycles. The summed E-state index contributed by atoms with van der Waals surface area (Å²) in [5.74, 6) is 0.871. The van der Waals surface area contributed by atoms with Crippen molar-refractivity contribution in [2.45, 2.75) is 27.3 Å². The van der Waals surface area contributed by atoms with Gasteiger partial charge >= 0.3 is 0 Å². The molecule has 0 saturated heterocycles. The maximum absolute atomic E-state index is 5.55. The predicted octanol–water partition coefficient (Wildman–Crippen LogP) is 6.51. The quantitative estimate of drug-likeness (QED) is 0.353. The van der Waals surface area contributed by atoms with E-state index in [2.05, 4.69) is 72.3 Å². The Morgan fingerprint density at radius 1 is 0.833 bits per heavy atom. The van der Waals surface area contributed by atoms with Gasteiger partial charge in [0.25, 0.3) is 0 Å². The van der Waals surface area contributed by atoms with Gasteiger partial charge in [-0.1, -0.05) is 59.7 Å². The number of ether oxygens (including phenoxy) is 1. The summed E-state index contributed by atoms with van der Waals surface area (Å²) in [6.07, 6.45) is 0. The summed E-state index contributed by atoms with van der Waals surface area (Å²) >= 11 is 1.67. The van der Waals surface area contributed by atoms with Gasteiger partial charge in [0, 0.05) is 5.38 Å². The Labute approximate surface area is 182 Å². The Morgan fingerprint density at radius 3 is 2.10 bits per heavy atom. The molecule has 0 saturated carbocycles. The number of thiazole rings is 1. The lowest BCUT2D eigenvalue weighted by Crippen LogP contribution is -2.16. The van der Waals surface area contributed by atoms with Crippen LogP contribution in [0.2, 0.25) is 0 Å². The number of hydrogen-bond donors (Lipinski definition) is 0. The van der Waals surface area contributed by atoms with Gasteiger partial charge in [-0.05, 0) is 56.2 Å². The molecule has 3 aromatic carbocycles. The fourth-order valence-corrected chi connectivity index (χ4v) is 4.23. The number of hydrogen-bond acceptors (Lipinski definition) is 3. The number of benzene rings is 3. The van der Waals surface area contributed by atoms with Gasteiger partial charge in [-0.2, -0.15) is 0 Å². The van der Waals surface area contributed by atoms with Crippen molar-refractivity contribution >= 4 is 17.0 Å². The van der Waals surface area contributed by atoms with Gasteiger partial charge in [0.05, 0.1) is 24.5 Å². The first-order valence-electron chi connectivity index (χ1n) is 10.2.